The monoisotopic (exact) mass is 235 g/mol. The number of halogens is 1. The summed E-state index contributed by atoms with van der Waals surface area (Å²) >= 11 is 0. The van der Waals surface area contributed by atoms with Crippen molar-refractivity contribution >= 4 is 11.6 Å². The standard InChI is InChI=1S/C12H14FN3O/c1-8(2)16-12(17)7-15-10-3-4-11(13)9(5-10)6-14/h3-5,8,15H,7H2,1-2H3,(H,16,17). The Labute approximate surface area is 99.4 Å². The van der Waals surface area contributed by atoms with E-state index >= 15 is 0 Å². The number of hydrogen-bond donors (Lipinski definition) is 2. The lowest BCUT2D eigenvalue weighted by molar-refractivity contribution is -0.119. The summed E-state index contributed by atoms with van der Waals surface area (Å²) in [6.07, 6.45) is 0. The van der Waals surface area contributed by atoms with E-state index in [2.05, 4.69) is 10.6 Å². The number of amides is 1. The molecular weight excluding hydrogens is 221 g/mol. The van der Waals surface area contributed by atoms with Gasteiger partial charge >= 0.3 is 0 Å². The van der Waals surface area contributed by atoms with Gasteiger partial charge in [-0.05, 0) is 32.0 Å². The Morgan fingerprint density at radius 2 is 2.24 bits per heavy atom. The van der Waals surface area contributed by atoms with E-state index in [4.69, 9.17) is 5.26 Å². The van der Waals surface area contributed by atoms with Crippen LogP contribution < -0.4 is 10.6 Å². The Bertz CT molecular complexity index is 452. The maximum Gasteiger partial charge on any atom is 0.239 e. The van der Waals surface area contributed by atoms with Crippen LogP contribution in [0.25, 0.3) is 0 Å². The van der Waals surface area contributed by atoms with Gasteiger partial charge in [-0.2, -0.15) is 5.26 Å². The molecule has 0 saturated carbocycles. The van der Waals surface area contributed by atoms with Crippen LogP contribution in [-0.2, 0) is 4.79 Å². The molecule has 90 valence electrons. The predicted molar refractivity (Wildman–Crippen MR) is 62.9 cm³/mol. The minimum absolute atomic E-state index is 0.0423. The molecule has 0 atom stereocenters. The molecule has 1 rings (SSSR count). The molecule has 1 aromatic carbocycles. The minimum Gasteiger partial charge on any atom is -0.376 e. The Balaban J connectivity index is 2.59. The Morgan fingerprint density at radius 1 is 1.53 bits per heavy atom. The lowest BCUT2D eigenvalue weighted by Gasteiger charge is -2.10. The summed E-state index contributed by atoms with van der Waals surface area (Å²) in [5.74, 6) is -0.715. The van der Waals surface area contributed by atoms with Gasteiger partial charge in [0.05, 0.1) is 12.1 Å². The molecule has 0 heterocycles. The van der Waals surface area contributed by atoms with Crippen molar-refractivity contribution < 1.29 is 9.18 Å². The number of rotatable bonds is 4. The molecule has 0 radical (unpaired) electrons. The third kappa shape index (κ3) is 4.11. The highest BCUT2D eigenvalue weighted by Gasteiger charge is 2.05. The van der Waals surface area contributed by atoms with Gasteiger partial charge in [-0.25, -0.2) is 4.39 Å². The fourth-order valence-electron chi connectivity index (χ4n) is 1.28. The maximum atomic E-state index is 13.0. The van der Waals surface area contributed by atoms with Gasteiger partial charge in [-0.1, -0.05) is 0 Å². The highest BCUT2D eigenvalue weighted by molar-refractivity contribution is 5.80. The fraction of sp³-hybridized carbons (Fsp3) is 0.333. The van der Waals surface area contributed by atoms with Crippen LogP contribution in [0.4, 0.5) is 10.1 Å². The van der Waals surface area contributed by atoms with Gasteiger partial charge in [-0.15, -0.1) is 0 Å². The molecule has 5 heteroatoms. The van der Waals surface area contributed by atoms with Gasteiger partial charge in [0, 0.05) is 11.7 Å². The van der Waals surface area contributed by atoms with Crippen LogP contribution in [0, 0.1) is 17.1 Å². The van der Waals surface area contributed by atoms with E-state index in [-0.39, 0.29) is 24.1 Å². The van der Waals surface area contributed by atoms with E-state index in [1.807, 2.05) is 13.8 Å². The number of hydrogen-bond acceptors (Lipinski definition) is 3. The molecule has 0 aliphatic heterocycles. The summed E-state index contributed by atoms with van der Waals surface area (Å²) in [7, 11) is 0. The molecule has 2 N–H and O–H groups in total. The quantitative estimate of drug-likeness (QED) is 0.833. The summed E-state index contributed by atoms with van der Waals surface area (Å²) < 4.78 is 13.0. The third-order valence-corrected chi connectivity index (χ3v) is 1.99. The van der Waals surface area contributed by atoms with Crippen LogP contribution in [-0.4, -0.2) is 18.5 Å². The van der Waals surface area contributed by atoms with Crippen molar-refractivity contribution in [1.82, 2.24) is 5.32 Å². The first-order chi connectivity index (χ1) is 8.02. The molecule has 17 heavy (non-hydrogen) atoms. The molecule has 0 unspecified atom stereocenters. The first kappa shape index (κ1) is 13.0. The molecule has 1 amide bonds. The molecule has 0 bridgehead atoms. The van der Waals surface area contributed by atoms with Crippen molar-refractivity contribution in [2.45, 2.75) is 19.9 Å². The van der Waals surface area contributed by atoms with Crippen molar-refractivity contribution in [1.29, 1.82) is 5.26 Å². The zero-order chi connectivity index (χ0) is 12.8. The van der Waals surface area contributed by atoms with Gasteiger partial charge in [-0.3, -0.25) is 4.79 Å². The number of anilines is 1. The lowest BCUT2D eigenvalue weighted by Crippen LogP contribution is -2.34. The predicted octanol–water partition coefficient (Wildman–Crippen LogP) is 1.63. The van der Waals surface area contributed by atoms with E-state index < -0.39 is 5.82 Å². The molecule has 0 spiro atoms. The molecule has 4 nitrogen and oxygen atoms in total. The number of carbonyl (C=O) groups excluding carboxylic acids is 1. The second-order valence-electron chi connectivity index (χ2n) is 3.88. The molecule has 0 aliphatic carbocycles. The lowest BCUT2D eigenvalue weighted by atomic mass is 10.2. The number of nitrogens with zero attached hydrogens (tertiary/aromatic N) is 1. The van der Waals surface area contributed by atoms with Crippen LogP contribution in [0.2, 0.25) is 0 Å². The normalized spacial score (nSPS) is 9.82. The van der Waals surface area contributed by atoms with E-state index in [0.717, 1.165) is 0 Å². The highest BCUT2D eigenvalue weighted by Crippen LogP contribution is 2.13. The smallest absolute Gasteiger partial charge is 0.239 e. The van der Waals surface area contributed by atoms with E-state index in [1.165, 1.54) is 18.2 Å². The zero-order valence-electron chi connectivity index (χ0n) is 9.75. The van der Waals surface area contributed by atoms with Crippen molar-refractivity contribution in [3.63, 3.8) is 0 Å². The van der Waals surface area contributed by atoms with Gasteiger partial charge in [0.2, 0.25) is 5.91 Å². The van der Waals surface area contributed by atoms with E-state index in [1.54, 1.807) is 6.07 Å². The topological polar surface area (TPSA) is 64.9 Å². The maximum absolute atomic E-state index is 13.0. The minimum atomic E-state index is -0.565. The summed E-state index contributed by atoms with van der Waals surface area (Å²) in [4.78, 5) is 11.3. The van der Waals surface area contributed by atoms with Gasteiger partial charge < -0.3 is 10.6 Å². The zero-order valence-corrected chi connectivity index (χ0v) is 9.75. The van der Waals surface area contributed by atoms with Crippen molar-refractivity contribution in [2.24, 2.45) is 0 Å². The first-order valence-corrected chi connectivity index (χ1v) is 5.26. The molecule has 1 aromatic rings. The van der Waals surface area contributed by atoms with Crippen LogP contribution in [0.15, 0.2) is 18.2 Å². The van der Waals surface area contributed by atoms with Gasteiger partial charge in [0.25, 0.3) is 0 Å². The van der Waals surface area contributed by atoms with Crippen LogP contribution in [0.1, 0.15) is 19.4 Å². The van der Waals surface area contributed by atoms with Crippen LogP contribution in [0.5, 0.6) is 0 Å². The average molecular weight is 235 g/mol. The Hall–Kier alpha value is -2.09. The Morgan fingerprint density at radius 3 is 2.82 bits per heavy atom. The van der Waals surface area contributed by atoms with Gasteiger partial charge in [0.15, 0.2) is 0 Å². The Kier molecular flexibility index (Phi) is 4.46. The number of carbonyl (C=O) groups is 1. The summed E-state index contributed by atoms with van der Waals surface area (Å²) in [5, 5.41) is 14.2. The summed E-state index contributed by atoms with van der Waals surface area (Å²) in [6, 6.07) is 5.87. The molecule has 0 aliphatic rings. The third-order valence-electron chi connectivity index (χ3n) is 1.99. The largest absolute Gasteiger partial charge is 0.376 e. The number of nitrogens with one attached hydrogen (secondary N) is 2. The van der Waals surface area contributed by atoms with E-state index in [9.17, 15) is 9.18 Å². The molecule has 0 fully saturated rings. The highest BCUT2D eigenvalue weighted by atomic mass is 19.1. The van der Waals surface area contributed by atoms with Crippen LogP contribution >= 0.6 is 0 Å². The second-order valence-corrected chi connectivity index (χ2v) is 3.88. The van der Waals surface area contributed by atoms with Gasteiger partial charge in [0.1, 0.15) is 11.9 Å². The SMILES string of the molecule is CC(C)NC(=O)CNc1ccc(F)c(C#N)c1. The summed E-state index contributed by atoms with van der Waals surface area (Å²) in [6.45, 7) is 3.82. The molecule has 0 aromatic heterocycles. The molecule has 0 saturated heterocycles. The fourth-order valence-corrected chi connectivity index (χ4v) is 1.28. The van der Waals surface area contributed by atoms with Crippen molar-refractivity contribution in [2.75, 3.05) is 11.9 Å². The molecular formula is C12H14FN3O. The number of nitriles is 1. The van der Waals surface area contributed by atoms with Crippen molar-refractivity contribution in [3.8, 4) is 6.07 Å². The van der Waals surface area contributed by atoms with Crippen molar-refractivity contribution in [3.05, 3.63) is 29.6 Å². The summed E-state index contributed by atoms with van der Waals surface area (Å²) in [5.41, 5.74) is 0.501. The first-order valence-electron chi connectivity index (χ1n) is 5.26. The second kappa shape index (κ2) is 5.85. The average Bonchev–Trinajstić information content (AvgIpc) is 2.27. The van der Waals surface area contributed by atoms with Crippen LogP contribution in [0.3, 0.4) is 0 Å². The van der Waals surface area contributed by atoms with E-state index in [0.29, 0.717) is 5.69 Å². The number of benzene rings is 1.